The molecule has 150 valence electrons. The quantitative estimate of drug-likeness (QED) is 0.828. The highest BCUT2D eigenvalue weighted by Crippen LogP contribution is 2.23. The summed E-state index contributed by atoms with van der Waals surface area (Å²) in [5.41, 5.74) is 4.19. The van der Waals surface area contributed by atoms with Crippen LogP contribution in [-0.4, -0.2) is 53.8 Å². The number of rotatable bonds is 6. The van der Waals surface area contributed by atoms with Gasteiger partial charge in [-0.15, -0.1) is 0 Å². The molecule has 0 aromatic heterocycles. The van der Waals surface area contributed by atoms with Gasteiger partial charge in [-0.2, -0.15) is 0 Å². The number of nitrogens with zero attached hydrogens (tertiary/aromatic N) is 2. The lowest BCUT2D eigenvalue weighted by Gasteiger charge is -2.38. The molecule has 1 N–H and O–H groups in total. The highest BCUT2D eigenvalue weighted by molar-refractivity contribution is 5.94. The van der Waals surface area contributed by atoms with E-state index in [0.717, 1.165) is 42.6 Å². The van der Waals surface area contributed by atoms with Gasteiger partial charge in [0.05, 0.1) is 12.6 Å². The second-order valence-corrected chi connectivity index (χ2v) is 8.00. The fraction of sp³-hybridized carbons (Fsp3) is 0.636. The van der Waals surface area contributed by atoms with E-state index in [4.69, 9.17) is 0 Å². The molecule has 1 aliphatic rings. The number of aryl methyl sites for hydroxylation is 3. The second-order valence-electron chi connectivity index (χ2n) is 8.00. The molecule has 1 fully saturated rings. The number of amides is 2. The molecule has 2 unspecified atom stereocenters. The Bertz CT molecular complexity index is 663. The lowest BCUT2D eigenvalue weighted by atomic mass is 9.99. The van der Waals surface area contributed by atoms with Crippen LogP contribution in [0.1, 0.15) is 56.2 Å². The molecule has 1 aromatic carbocycles. The fourth-order valence-electron chi connectivity index (χ4n) is 4.06. The third kappa shape index (κ3) is 5.32. The number of hydrogen-bond donors (Lipinski definition) is 1. The Hall–Kier alpha value is -1.88. The van der Waals surface area contributed by atoms with Gasteiger partial charge in [-0.05, 0) is 71.6 Å². The van der Waals surface area contributed by atoms with Gasteiger partial charge in [0, 0.05) is 18.3 Å². The van der Waals surface area contributed by atoms with Crippen LogP contribution in [0, 0.1) is 20.8 Å². The van der Waals surface area contributed by atoms with Crippen molar-refractivity contribution in [2.75, 3.05) is 25.5 Å². The van der Waals surface area contributed by atoms with Crippen molar-refractivity contribution in [3.63, 3.8) is 0 Å². The lowest BCUT2D eigenvalue weighted by Crippen LogP contribution is -2.52. The Morgan fingerprint density at radius 1 is 1.22 bits per heavy atom. The molecule has 5 nitrogen and oxygen atoms in total. The largest absolute Gasteiger partial charge is 0.338 e. The predicted molar refractivity (Wildman–Crippen MR) is 111 cm³/mol. The topological polar surface area (TPSA) is 52.7 Å². The van der Waals surface area contributed by atoms with Crippen LogP contribution >= 0.6 is 0 Å². The Kier molecular flexibility index (Phi) is 7.42. The molecule has 0 saturated carbocycles. The number of carbonyl (C=O) groups is 2. The maximum Gasteiger partial charge on any atom is 0.239 e. The van der Waals surface area contributed by atoms with E-state index in [9.17, 15) is 9.59 Å². The van der Waals surface area contributed by atoms with Crippen LogP contribution in [0.15, 0.2) is 12.1 Å². The van der Waals surface area contributed by atoms with Gasteiger partial charge in [-0.3, -0.25) is 14.5 Å². The summed E-state index contributed by atoms with van der Waals surface area (Å²) in [6.45, 7) is 11.1. The van der Waals surface area contributed by atoms with Crippen LogP contribution in [0.3, 0.4) is 0 Å². The average Bonchev–Trinajstić information content (AvgIpc) is 2.63. The molecule has 5 heteroatoms. The maximum absolute atomic E-state index is 12.9. The first-order chi connectivity index (χ1) is 12.7. The zero-order chi connectivity index (χ0) is 20.1. The van der Waals surface area contributed by atoms with Crippen molar-refractivity contribution in [2.45, 2.75) is 72.4 Å². The van der Waals surface area contributed by atoms with Crippen molar-refractivity contribution < 1.29 is 9.59 Å². The highest BCUT2D eigenvalue weighted by Gasteiger charge is 2.30. The molecule has 1 aromatic rings. The molecule has 27 heavy (non-hydrogen) atoms. The van der Waals surface area contributed by atoms with E-state index in [1.54, 1.807) is 0 Å². The molecule has 1 saturated heterocycles. The highest BCUT2D eigenvalue weighted by atomic mass is 16.2. The minimum Gasteiger partial charge on any atom is -0.338 e. The smallest absolute Gasteiger partial charge is 0.239 e. The van der Waals surface area contributed by atoms with Crippen molar-refractivity contribution in [3.05, 3.63) is 28.8 Å². The third-order valence-corrected chi connectivity index (χ3v) is 5.73. The predicted octanol–water partition coefficient (Wildman–Crippen LogP) is 3.66. The summed E-state index contributed by atoms with van der Waals surface area (Å²) in [5, 5.41) is 3.02. The Morgan fingerprint density at radius 3 is 2.44 bits per heavy atom. The summed E-state index contributed by atoms with van der Waals surface area (Å²) < 4.78 is 0. The number of piperidine rings is 1. The van der Waals surface area contributed by atoms with Crippen LogP contribution in [-0.2, 0) is 9.59 Å². The molecule has 2 amide bonds. The number of likely N-dealkylation sites (N-methyl/N-ethyl adjacent to an activating group) is 1. The molecule has 2 rings (SSSR count). The molecule has 0 spiro atoms. The van der Waals surface area contributed by atoms with Crippen molar-refractivity contribution in [1.82, 2.24) is 9.80 Å². The van der Waals surface area contributed by atoms with E-state index in [0.29, 0.717) is 6.04 Å². The van der Waals surface area contributed by atoms with Crippen molar-refractivity contribution in [3.8, 4) is 0 Å². The van der Waals surface area contributed by atoms with E-state index >= 15 is 0 Å². The van der Waals surface area contributed by atoms with Gasteiger partial charge in [0.25, 0.3) is 0 Å². The Balaban J connectivity index is 1.98. The molecule has 1 aliphatic heterocycles. The number of likely N-dealkylation sites (tertiary alicyclic amines) is 1. The van der Waals surface area contributed by atoms with Gasteiger partial charge in [0.1, 0.15) is 0 Å². The summed E-state index contributed by atoms with van der Waals surface area (Å²) >= 11 is 0. The number of anilines is 1. The minimum atomic E-state index is -0.303. The van der Waals surface area contributed by atoms with Crippen LogP contribution in [0.5, 0.6) is 0 Å². The molecular weight excluding hydrogens is 338 g/mol. The van der Waals surface area contributed by atoms with Gasteiger partial charge in [0.15, 0.2) is 0 Å². The fourth-order valence-corrected chi connectivity index (χ4v) is 4.06. The second kappa shape index (κ2) is 9.36. The molecular formula is C22H35N3O2. The van der Waals surface area contributed by atoms with Gasteiger partial charge >= 0.3 is 0 Å². The first-order valence-electron chi connectivity index (χ1n) is 10.1. The SMILES string of the molecule is CCC1CCCCN1C(=O)C(C)N(C)CC(=O)Nc1c(C)cc(C)cc1C. The van der Waals surface area contributed by atoms with Crippen molar-refractivity contribution in [1.29, 1.82) is 0 Å². The van der Waals surface area contributed by atoms with Gasteiger partial charge in [0.2, 0.25) is 11.8 Å². The third-order valence-electron chi connectivity index (χ3n) is 5.73. The maximum atomic E-state index is 12.9. The van der Waals surface area contributed by atoms with Gasteiger partial charge in [-0.25, -0.2) is 0 Å². The minimum absolute atomic E-state index is 0.0853. The molecule has 1 heterocycles. The molecule has 0 aliphatic carbocycles. The average molecular weight is 374 g/mol. The van der Waals surface area contributed by atoms with Gasteiger partial charge < -0.3 is 10.2 Å². The molecule has 0 radical (unpaired) electrons. The van der Waals surface area contributed by atoms with E-state index in [-0.39, 0.29) is 24.4 Å². The lowest BCUT2D eigenvalue weighted by molar-refractivity contribution is -0.140. The van der Waals surface area contributed by atoms with Gasteiger partial charge in [-0.1, -0.05) is 24.6 Å². The number of benzene rings is 1. The number of hydrogen-bond acceptors (Lipinski definition) is 3. The summed E-state index contributed by atoms with van der Waals surface area (Å²) in [7, 11) is 1.85. The van der Waals surface area contributed by atoms with E-state index in [2.05, 4.69) is 31.3 Å². The van der Waals surface area contributed by atoms with E-state index < -0.39 is 0 Å². The van der Waals surface area contributed by atoms with Crippen LogP contribution < -0.4 is 5.32 Å². The van der Waals surface area contributed by atoms with Crippen LogP contribution in [0.25, 0.3) is 0 Å². The summed E-state index contributed by atoms with van der Waals surface area (Å²) in [6.07, 6.45) is 4.36. The number of carbonyl (C=O) groups excluding carboxylic acids is 2. The van der Waals surface area contributed by atoms with Crippen LogP contribution in [0.4, 0.5) is 5.69 Å². The normalized spacial score (nSPS) is 18.5. The Labute approximate surface area is 164 Å². The monoisotopic (exact) mass is 373 g/mol. The zero-order valence-corrected chi connectivity index (χ0v) is 17.8. The van der Waals surface area contributed by atoms with Crippen molar-refractivity contribution >= 4 is 17.5 Å². The first kappa shape index (κ1) is 21.4. The summed E-state index contributed by atoms with van der Waals surface area (Å²) in [6, 6.07) is 4.18. The first-order valence-corrected chi connectivity index (χ1v) is 10.1. The number of nitrogens with one attached hydrogen (secondary N) is 1. The Morgan fingerprint density at radius 2 is 1.85 bits per heavy atom. The molecule has 0 bridgehead atoms. The molecule has 2 atom stereocenters. The standard InChI is InChI=1S/C22H35N3O2/c1-7-19-10-8-9-11-25(19)22(27)18(5)24(6)14-20(26)23-21-16(3)12-15(2)13-17(21)4/h12-13,18-19H,7-11,14H2,1-6H3,(H,23,26). The van der Waals surface area contributed by atoms with E-state index in [1.165, 1.54) is 12.0 Å². The zero-order valence-electron chi connectivity index (χ0n) is 17.8. The van der Waals surface area contributed by atoms with Crippen molar-refractivity contribution in [2.24, 2.45) is 0 Å². The van der Waals surface area contributed by atoms with Crippen LogP contribution in [0.2, 0.25) is 0 Å². The summed E-state index contributed by atoms with van der Waals surface area (Å²) in [4.78, 5) is 29.4. The summed E-state index contributed by atoms with van der Waals surface area (Å²) in [5.74, 6) is 0.0532. The van der Waals surface area contributed by atoms with E-state index in [1.807, 2.05) is 37.6 Å².